The monoisotopic (exact) mass is 391 g/mol. The number of likely N-dealkylation sites (tertiary alicyclic amines) is 1. The molecule has 150 valence electrons. The molecule has 2 heterocycles. The van der Waals surface area contributed by atoms with Crippen molar-refractivity contribution in [3.05, 3.63) is 35.1 Å². The number of nitrogens with zero attached hydrogens (tertiary/aromatic N) is 2. The van der Waals surface area contributed by atoms with Crippen LogP contribution in [0.2, 0.25) is 0 Å². The molecular weight excluding hydrogens is 369 g/mol. The summed E-state index contributed by atoms with van der Waals surface area (Å²) < 4.78 is 18.8. The van der Waals surface area contributed by atoms with Gasteiger partial charge >= 0.3 is 6.09 Å². The Bertz CT molecular complexity index is 805. The topological polar surface area (TPSA) is 96.0 Å². The van der Waals surface area contributed by atoms with Crippen molar-refractivity contribution >= 4 is 23.8 Å². The van der Waals surface area contributed by atoms with Crippen molar-refractivity contribution in [2.24, 2.45) is 0 Å². The highest BCUT2D eigenvalue weighted by atomic mass is 19.1. The second-order valence-electron chi connectivity index (χ2n) is 6.70. The van der Waals surface area contributed by atoms with E-state index in [1.165, 1.54) is 12.1 Å². The zero-order chi connectivity index (χ0) is 20.3. The van der Waals surface area contributed by atoms with Crippen molar-refractivity contribution in [3.8, 4) is 0 Å². The molecule has 0 saturated carbocycles. The Morgan fingerprint density at radius 3 is 2.57 bits per heavy atom. The Labute approximate surface area is 161 Å². The number of halogens is 1. The third kappa shape index (κ3) is 3.97. The van der Waals surface area contributed by atoms with Gasteiger partial charge in [0.25, 0.3) is 11.8 Å². The van der Waals surface area contributed by atoms with Gasteiger partial charge in [0.1, 0.15) is 5.82 Å². The Hall–Kier alpha value is -2.97. The van der Waals surface area contributed by atoms with Gasteiger partial charge < -0.3 is 15.0 Å². The molecule has 3 rings (SSSR count). The van der Waals surface area contributed by atoms with Crippen LogP contribution in [0.5, 0.6) is 0 Å². The van der Waals surface area contributed by atoms with Gasteiger partial charge in [-0.2, -0.15) is 0 Å². The Morgan fingerprint density at radius 1 is 1.21 bits per heavy atom. The quantitative estimate of drug-likeness (QED) is 0.769. The van der Waals surface area contributed by atoms with E-state index in [1.807, 2.05) is 0 Å². The molecule has 1 aromatic carbocycles. The molecule has 0 radical (unpaired) electrons. The lowest BCUT2D eigenvalue weighted by molar-refractivity contribution is -0.122. The second kappa shape index (κ2) is 8.37. The van der Waals surface area contributed by atoms with Crippen molar-refractivity contribution in [2.45, 2.75) is 32.2 Å². The molecule has 0 spiro atoms. The summed E-state index contributed by atoms with van der Waals surface area (Å²) >= 11 is 0. The molecule has 0 unspecified atom stereocenters. The van der Waals surface area contributed by atoms with Crippen molar-refractivity contribution in [3.63, 3.8) is 0 Å². The van der Waals surface area contributed by atoms with Crippen LogP contribution in [-0.4, -0.2) is 65.9 Å². The average Bonchev–Trinajstić information content (AvgIpc) is 2.92. The van der Waals surface area contributed by atoms with Crippen LogP contribution < -0.4 is 5.32 Å². The molecule has 0 aromatic heterocycles. The summed E-state index contributed by atoms with van der Waals surface area (Å²) in [5, 5.41) is 2.86. The zero-order valence-corrected chi connectivity index (χ0v) is 15.6. The maximum Gasteiger partial charge on any atom is 0.409 e. The molecule has 28 heavy (non-hydrogen) atoms. The Morgan fingerprint density at radius 2 is 1.93 bits per heavy atom. The average molecular weight is 391 g/mol. The molecule has 2 aliphatic heterocycles. The Kier molecular flexibility index (Phi) is 5.91. The molecule has 2 aliphatic rings. The predicted molar refractivity (Wildman–Crippen MR) is 96.1 cm³/mol. The predicted octanol–water partition coefficient (Wildman–Crippen LogP) is 1.55. The molecule has 1 fully saturated rings. The van der Waals surface area contributed by atoms with E-state index in [0.29, 0.717) is 32.5 Å². The van der Waals surface area contributed by atoms with E-state index in [2.05, 4.69) is 5.32 Å². The third-order valence-corrected chi connectivity index (χ3v) is 4.90. The molecule has 1 aromatic rings. The number of hydrogen-bond acceptors (Lipinski definition) is 5. The van der Waals surface area contributed by atoms with Gasteiger partial charge in [-0.05, 0) is 31.9 Å². The number of benzene rings is 1. The first-order chi connectivity index (χ1) is 13.4. The number of nitrogens with one attached hydrogen (secondary N) is 1. The number of fused-ring (bicyclic) bond motifs is 1. The van der Waals surface area contributed by atoms with Gasteiger partial charge in [-0.3, -0.25) is 19.3 Å². The number of hydrogen-bond donors (Lipinski definition) is 1. The van der Waals surface area contributed by atoms with Gasteiger partial charge in [-0.1, -0.05) is 6.07 Å². The number of piperidine rings is 1. The third-order valence-electron chi connectivity index (χ3n) is 4.90. The fraction of sp³-hybridized carbons (Fsp3) is 0.474. The van der Waals surface area contributed by atoms with Crippen molar-refractivity contribution in [1.29, 1.82) is 0 Å². The number of amides is 4. The minimum atomic E-state index is -0.740. The summed E-state index contributed by atoms with van der Waals surface area (Å²) in [5.41, 5.74) is -0.212. The summed E-state index contributed by atoms with van der Waals surface area (Å²) in [5.74, 6) is -2.34. The van der Waals surface area contributed by atoms with Gasteiger partial charge in [0.2, 0.25) is 5.91 Å². The molecule has 0 atom stereocenters. The van der Waals surface area contributed by atoms with E-state index in [9.17, 15) is 23.6 Å². The molecule has 4 amide bonds. The van der Waals surface area contributed by atoms with E-state index < -0.39 is 17.6 Å². The number of carbonyl (C=O) groups is 4. The number of ether oxygens (including phenoxy) is 1. The van der Waals surface area contributed by atoms with Crippen LogP contribution in [-0.2, 0) is 9.53 Å². The lowest BCUT2D eigenvalue weighted by Gasteiger charge is -2.31. The van der Waals surface area contributed by atoms with Gasteiger partial charge in [0.15, 0.2) is 0 Å². The summed E-state index contributed by atoms with van der Waals surface area (Å²) in [6.45, 7) is 2.92. The lowest BCUT2D eigenvalue weighted by Crippen LogP contribution is -2.47. The molecule has 8 nitrogen and oxygen atoms in total. The van der Waals surface area contributed by atoms with Crippen LogP contribution >= 0.6 is 0 Å². The van der Waals surface area contributed by atoms with Gasteiger partial charge in [-0.25, -0.2) is 9.18 Å². The SMILES string of the molecule is CCOC(=O)N1CCC(NC(=O)CCN2C(=O)c3cccc(F)c3C2=O)CC1. The first kappa shape index (κ1) is 19.8. The van der Waals surface area contributed by atoms with Crippen LogP contribution in [0.4, 0.5) is 9.18 Å². The highest BCUT2D eigenvalue weighted by Crippen LogP contribution is 2.25. The minimum absolute atomic E-state index is 0.0248. The number of rotatable bonds is 5. The van der Waals surface area contributed by atoms with Gasteiger partial charge in [0.05, 0.1) is 17.7 Å². The highest BCUT2D eigenvalue weighted by molar-refractivity contribution is 6.21. The van der Waals surface area contributed by atoms with Crippen LogP contribution in [0, 0.1) is 5.82 Å². The van der Waals surface area contributed by atoms with Crippen LogP contribution in [0.25, 0.3) is 0 Å². The summed E-state index contributed by atoms with van der Waals surface area (Å²) in [7, 11) is 0. The largest absolute Gasteiger partial charge is 0.450 e. The van der Waals surface area contributed by atoms with Crippen molar-refractivity contribution in [2.75, 3.05) is 26.2 Å². The van der Waals surface area contributed by atoms with Crippen LogP contribution in [0.3, 0.4) is 0 Å². The molecule has 1 saturated heterocycles. The maximum absolute atomic E-state index is 13.8. The molecule has 0 bridgehead atoms. The van der Waals surface area contributed by atoms with E-state index in [1.54, 1.807) is 11.8 Å². The van der Waals surface area contributed by atoms with Crippen molar-refractivity contribution < 1.29 is 28.3 Å². The minimum Gasteiger partial charge on any atom is -0.450 e. The second-order valence-corrected chi connectivity index (χ2v) is 6.70. The Balaban J connectivity index is 1.47. The zero-order valence-electron chi connectivity index (χ0n) is 15.6. The summed E-state index contributed by atoms with van der Waals surface area (Å²) in [6, 6.07) is 3.81. The van der Waals surface area contributed by atoms with E-state index in [0.717, 1.165) is 11.0 Å². The maximum atomic E-state index is 13.8. The van der Waals surface area contributed by atoms with Gasteiger partial charge in [-0.15, -0.1) is 0 Å². The normalized spacial score (nSPS) is 16.9. The molecule has 9 heteroatoms. The van der Waals surface area contributed by atoms with E-state index in [4.69, 9.17) is 4.74 Å². The molecular formula is C19H22FN3O5. The molecule has 0 aliphatic carbocycles. The first-order valence-electron chi connectivity index (χ1n) is 9.28. The highest BCUT2D eigenvalue weighted by Gasteiger charge is 2.37. The summed E-state index contributed by atoms with van der Waals surface area (Å²) in [6.07, 6.45) is 0.779. The first-order valence-corrected chi connectivity index (χ1v) is 9.28. The van der Waals surface area contributed by atoms with E-state index in [-0.39, 0.29) is 42.1 Å². The van der Waals surface area contributed by atoms with Crippen LogP contribution in [0.15, 0.2) is 18.2 Å². The standard InChI is InChI=1S/C19H22FN3O5/c1-2-28-19(27)22-9-6-12(7-10-22)21-15(24)8-11-23-17(25)13-4-3-5-14(20)16(13)18(23)26/h3-5,12H,2,6-11H2,1H3,(H,21,24). The lowest BCUT2D eigenvalue weighted by atomic mass is 10.1. The fourth-order valence-corrected chi connectivity index (χ4v) is 3.43. The van der Waals surface area contributed by atoms with Gasteiger partial charge in [0, 0.05) is 32.1 Å². The van der Waals surface area contributed by atoms with Crippen molar-refractivity contribution in [1.82, 2.24) is 15.1 Å². The number of imide groups is 1. The fourth-order valence-electron chi connectivity index (χ4n) is 3.43. The summed E-state index contributed by atoms with van der Waals surface area (Å²) in [4.78, 5) is 50.9. The molecule has 1 N–H and O–H groups in total. The van der Waals surface area contributed by atoms with Crippen LogP contribution in [0.1, 0.15) is 46.9 Å². The van der Waals surface area contributed by atoms with E-state index >= 15 is 0 Å². The number of carbonyl (C=O) groups excluding carboxylic acids is 4. The smallest absolute Gasteiger partial charge is 0.409 e.